The molecule has 10 nitrogen and oxygen atoms in total. The maximum atomic E-state index is 13.0. The molecule has 2 atom stereocenters. The van der Waals surface area contributed by atoms with Crippen molar-refractivity contribution >= 4 is 21.6 Å². The number of amides is 1. The Kier molecular flexibility index (Phi) is 6.54. The number of hydrogen-bond donors (Lipinski definition) is 4. The summed E-state index contributed by atoms with van der Waals surface area (Å²) in [5, 5.41) is 31.9. The zero-order valence-corrected chi connectivity index (χ0v) is 19.3. The first-order chi connectivity index (χ1) is 15.3. The molecule has 11 heteroatoms. The van der Waals surface area contributed by atoms with E-state index < -0.39 is 33.7 Å². The minimum atomic E-state index is -4.16. The Balaban J connectivity index is 1.92. The van der Waals surface area contributed by atoms with E-state index >= 15 is 0 Å². The summed E-state index contributed by atoms with van der Waals surface area (Å²) in [7, 11) is -2.66. The molecule has 1 unspecified atom stereocenters. The van der Waals surface area contributed by atoms with Crippen molar-refractivity contribution in [1.29, 1.82) is 5.26 Å². The second-order valence-corrected chi connectivity index (χ2v) is 9.87. The highest BCUT2D eigenvalue weighted by atomic mass is 32.2. The summed E-state index contributed by atoms with van der Waals surface area (Å²) in [5.74, 6) is 4.04. The molecule has 2 aromatic rings. The Labute approximate surface area is 191 Å². The lowest BCUT2D eigenvalue weighted by molar-refractivity contribution is 0.101. The highest BCUT2D eigenvalue weighted by molar-refractivity contribution is 7.89. The van der Waals surface area contributed by atoms with Gasteiger partial charge >= 0.3 is 0 Å². The molecule has 1 aliphatic heterocycles. The number of sulfonamides is 1. The summed E-state index contributed by atoms with van der Waals surface area (Å²) in [5.41, 5.74) is 0.0863. The SMILES string of the molecule is Cc1ccc(NC(=O)c2c3c(cn2C)S(=O)(=O)N[C@H](C(O)C#CC(C)(C)O)CO3)cc1C#N. The first-order valence-corrected chi connectivity index (χ1v) is 11.4. The van der Waals surface area contributed by atoms with E-state index in [9.17, 15) is 28.7 Å². The molecule has 0 saturated heterocycles. The van der Waals surface area contributed by atoms with Crippen LogP contribution in [0, 0.1) is 30.1 Å². The Morgan fingerprint density at radius 2 is 2.12 bits per heavy atom. The number of nitrogens with zero attached hydrogens (tertiary/aromatic N) is 2. The first kappa shape index (κ1) is 24.3. The van der Waals surface area contributed by atoms with Crippen LogP contribution in [0.1, 0.15) is 35.5 Å². The molecular weight excluding hydrogens is 448 g/mol. The molecule has 0 aliphatic carbocycles. The number of carbonyl (C=O) groups excluding carboxylic acids is 1. The maximum Gasteiger partial charge on any atom is 0.276 e. The molecular formula is C22H24N4O6S. The van der Waals surface area contributed by atoms with Gasteiger partial charge in [-0.3, -0.25) is 4.79 Å². The van der Waals surface area contributed by atoms with Gasteiger partial charge < -0.3 is 24.8 Å². The van der Waals surface area contributed by atoms with E-state index in [-0.39, 0.29) is 22.9 Å². The molecule has 2 heterocycles. The molecule has 1 amide bonds. The Hall–Kier alpha value is -3.35. The molecule has 1 aliphatic rings. The zero-order chi connectivity index (χ0) is 24.6. The summed E-state index contributed by atoms with van der Waals surface area (Å²) in [6.07, 6.45) is -0.224. The highest BCUT2D eigenvalue weighted by Gasteiger charge is 2.36. The van der Waals surface area contributed by atoms with Gasteiger partial charge in [0.1, 0.15) is 23.2 Å². The van der Waals surface area contributed by atoms with E-state index in [1.165, 1.54) is 37.7 Å². The largest absolute Gasteiger partial charge is 0.488 e. The van der Waals surface area contributed by atoms with Gasteiger partial charge in [0.2, 0.25) is 10.0 Å². The normalized spacial score (nSPS) is 17.9. The van der Waals surface area contributed by atoms with Crippen LogP contribution >= 0.6 is 0 Å². The number of aliphatic hydroxyl groups is 2. The Bertz CT molecular complexity index is 1310. The molecule has 1 aromatic carbocycles. The molecule has 0 fully saturated rings. The lowest BCUT2D eigenvalue weighted by atomic mass is 10.1. The van der Waals surface area contributed by atoms with E-state index in [4.69, 9.17) is 4.74 Å². The topological polar surface area (TPSA) is 154 Å². The van der Waals surface area contributed by atoms with Gasteiger partial charge in [0.25, 0.3) is 5.91 Å². The van der Waals surface area contributed by atoms with E-state index in [1.807, 2.05) is 6.07 Å². The van der Waals surface area contributed by atoms with Crippen molar-refractivity contribution in [3.63, 3.8) is 0 Å². The van der Waals surface area contributed by atoms with Crippen molar-refractivity contribution < 1.29 is 28.2 Å². The fourth-order valence-corrected chi connectivity index (χ4v) is 4.58. The predicted molar refractivity (Wildman–Crippen MR) is 119 cm³/mol. The van der Waals surface area contributed by atoms with Crippen LogP contribution in [-0.4, -0.2) is 53.5 Å². The zero-order valence-electron chi connectivity index (χ0n) is 18.5. The first-order valence-electron chi connectivity index (χ1n) is 9.92. The van der Waals surface area contributed by atoms with Gasteiger partial charge in [0.15, 0.2) is 11.4 Å². The number of nitriles is 1. The number of fused-ring (bicyclic) bond motifs is 1. The average Bonchev–Trinajstić information content (AvgIpc) is 3.00. The van der Waals surface area contributed by atoms with E-state index in [0.29, 0.717) is 11.3 Å². The van der Waals surface area contributed by atoms with E-state index in [0.717, 1.165) is 5.56 Å². The van der Waals surface area contributed by atoms with Crippen LogP contribution < -0.4 is 14.8 Å². The molecule has 3 rings (SSSR count). The number of ether oxygens (including phenoxy) is 1. The standard InChI is InChI=1S/C22H24N4O6S/c1-13-5-6-15(9-14(13)10-23)24-21(28)19-20-18(11-26(19)4)33(30,31)25-16(12-32-20)17(27)7-8-22(2,3)29/h5-6,9,11,16-17,25,27,29H,12H2,1-4H3,(H,24,28)/t16-,17?/m0/s1. The molecule has 174 valence electrons. The van der Waals surface area contributed by atoms with Crippen LogP contribution in [0.25, 0.3) is 0 Å². The van der Waals surface area contributed by atoms with Gasteiger partial charge in [-0.2, -0.15) is 5.26 Å². The number of carbonyl (C=O) groups is 1. The van der Waals surface area contributed by atoms with Gasteiger partial charge in [-0.05, 0) is 38.5 Å². The number of aliphatic hydroxyl groups excluding tert-OH is 1. The quantitative estimate of drug-likeness (QED) is 0.478. The third-order valence-corrected chi connectivity index (χ3v) is 6.33. The monoisotopic (exact) mass is 472 g/mol. The van der Waals surface area contributed by atoms with Crippen molar-refractivity contribution in [2.75, 3.05) is 11.9 Å². The molecule has 0 spiro atoms. The van der Waals surface area contributed by atoms with Crippen LogP contribution in [0.3, 0.4) is 0 Å². The van der Waals surface area contributed by atoms with E-state index in [2.05, 4.69) is 21.9 Å². The molecule has 0 radical (unpaired) electrons. The lowest BCUT2D eigenvalue weighted by Gasteiger charge is -2.18. The van der Waals surface area contributed by atoms with Crippen LogP contribution in [0.4, 0.5) is 5.69 Å². The van der Waals surface area contributed by atoms with Crippen LogP contribution in [0.15, 0.2) is 29.3 Å². The number of aryl methyl sites for hydroxylation is 2. The summed E-state index contributed by atoms with van der Waals surface area (Å²) in [4.78, 5) is 12.7. The molecule has 1 aromatic heterocycles. The predicted octanol–water partition coefficient (Wildman–Crippen LogP) is 0.632. The van der Waals surface area contributed by atoms with Crippen LogP contribution in [-0.2, 0) is 17.1 Å². The van der Waals surface area contributed by atoms with Crippen molar-refractivity contribution in [3.05, 3.63) is 41.2 Å². The molecule has 0 saturated carbocycles. The fraction of sp³-hybridized carbons (Fsp3) is 0.364. The summed E-state index contributed by atoms with van der Waals surface area (Å²) in [6, 6.07) is 5.74. The Morgan fingerprint density at radius 3 is 2.76 bits per heavy atom. The van der Waals surface area contributed by atoms with Gasteiger partial charge in [-0.25, -0.2) is 13.1 Å². The number of nitrogens with one attached hydrogen (secondary N) is 2. The van der Waals surface area contributed by atoms with Crippen molar-refractivity contribution in [1.82, 2.24) is 9.29 Å². The van der Waals surface area contributed by atoms with Crippen molar-refractivity contribution in [2.45, 2.75) is 43.4 Å². The summed E-state index contributed by atoms with van der Waals surface area (Å²) < 4.78 is 35.1. The number of hydrogen-bond acceptors (Lipinski definition) is 7. The number of benzene rings is 1. The molecule has 33 heavy (non-hydrogen) atoms. The lowest BCUT2D eigenvalue weighted by Crippen LogP contribution is -2.45. The fourth-order valence-electron chi connectivity index (χ4n) is 3.16. The second kappa shape index (κ2) is 8.89. The van der Waals surface area contributed by atoms with Gasteiger partial charge in [-0.1, -0.05) is 17.9 Å². The Morgan fingerprint density at radius 1 is 1.42 bits per heavy atom. The number of rotatable bonds is 3. The molecule has 4 N–H and O–H groups in total. The highest BCUT2D eigenvalue weighted by Crippen LogP contribution is 2.33. The van der Waals surface area contributed by atoms with Gasteiger partial charge in [0.05, 0.1) is 17.7 Å². The van der Waals surface area contributed by atoms with Crippen molar-refractivity contribution in [2.24, 2.45) is 7.05 Å². The van der Waals surface area contributed by atoms with Gasteiger partial charge in [0, 0.05) is 18.9 Å². The minimum absolute atomic E-state index is 0.0489. The van der Waals surface area contributed by atoms with Gasteiger partial charge in [-0.15, -0.1) is 0 Å². The average molecular weight is 473 g/mol. The minimum Gasteiger partial charge on any atom is -0.488 e. The number of aromatic nitrogens is 1. The van der Waals surface area contributed by atoms with Crippen molar-refractivity contribution in [3.8, 4) is 23.7 Å². The molecule has 0 bridgehead atoms. The van der Waals surface area contributed by atoms with Crippen LogP contribution in [0.5, 0.6) is 5.75 Å². The third kappa shape index (κ3) is 5.35. The van der Waals surface area contributed by atoms with E-state index in [1.54, 1.807) is 19.1 Å². The summed E-state index contributed by atoms with van der Waals surface area (Å²) >= 11 is 0. The van der Waals surface area contributed by atoms with Crippen LogP contribution in [0.2, 0.25) is 0 Å². The summed E-state index contributed by atoms with van der Waals surface area (Å²) in [6.45, 7) is 4.31. The number of anilines is 1. The second-order valence-electron chi connectivity index (χ2n) is 8.19. The smallest absolute Gasteiger partial charge is 0.276 e. The maximum absolute atomic E-state index is 13.0. The third-order valence-electron chi connectivity index (χ3n) is 4.84.